The second-order valence-electron chi connectivity index (χ2n) is 4.85. The molecule has 0 aliphatic heterocycles. The molecule has 114 valence electrons. The highest BCUT2D eigenvalue weighted by Gasteiger charge is 2.16. The van der Waals surface area contributed by atoms with Crippen LogP contribution in [0.2, 0.25) is 5.02 Å². The molecule has 0 saturated heterocycles. The van der Waals surface area contributed by atoms with E-state index in [9.17, 15) is 4.79 Å². The van der Waals surface area contributed by atoms with E-state index >= 15 is 0 Å². The van der Waals surface area contributed by atoms with Crippen LogP contribution in [0, 0.1) is 0 Å². The quantitative estimate of drug-likeness (QED) is 0.724. The van der Waals surface area contributed by atoms with E-state index in [1.54, 1.807) is 13.1 Å². The minimum atomic E-state index is -0.175. The first kappa shape index (κ1) is 15.1. The lowest BCUT2D eigenvalue weighted by atomic mass is 10.1. The summed E-state index contributed by atoms with van der Waals surface area (Å²) in [6, 6.07) is 7.42. The molecule has 2 N–H and O–H groups in total. The van der Waals surface area contributed by atoms with Gasteiger partial charge in [-0.15, -0.1) is 0 Å². The number of H-pyrrole nitrogens is 1. The number of aromatic amines is 1. The Morgan fingerprint density at radius 1 is 1.41 bits per heavy atom. The Morgan fingerprint density at radius 2 is 2.18 bits per heavy atom. The summed E-state index contributed by atoms with van der Waals surface area (Å²) in [5.41, 5.74) is 3.13. The maximum atomic E-state index is 12.0. The van der Waals surface area contributed by atoms with Gasteiger partial charge in [0.05, 0.1) is 22.5 Å². The van der Waals surface area contributed by atoms with Crippen LogP contribution >= 0.6 is 27.5 Å². The van der Waals surface area contributed by atoms with Gasteiger partial charge in [-0.25, -0.2) is 0 Å². The summed E-state index contributed by atoms with van der Waals surface area (Å²) in [5, 5.41) is 8.43. The fourth-order valence-electron chi connectivity index (χ4n) is 2.50. The zero-order chi connectivity index (χ0) is 15.9. The van der Waals surface area contributed by atoms with Gasteiger partial charge in [0.15, 0.2) is 0 Å². The molecule has 0 atom stereocenters. The van der Waals surface area contributed by atoms with E-state index in [2.05, 4.69) is 31.3 Å². The van der Waals surface area contributed by atoms with Crippen LogP contribution in [0.15, 0.2) is 28.9 Å². The summed E-state index contributed by atoms with van der Waals surface area (Å²) >= 11 is 9.52. The Hall–Kier alpha value is -1.79. The smallest absolute Gasteiger partial charge is 0.253 e. The Labute approximate surface area is 140 Å². The Kier molecular flexibility index (Phi) is 3.97. The van der Waals surface area contributed by atoms with Crippen molar-refractivity contribution in [1.82, 2.24) is 20.1 Å². The van der Waals surface area contributed by atoms with E-state index < -0.39 is 0 Å². The molecule has 7 heteroatoms. The lowest BCUT2D eigenvalue weighted by Gasteiger charge is -2.03. The van der Waals surface area contributed by atoms with Gasteiger partial charge in [0.1, 0.15) is 4.60 Å². The number of amides is 1. The molecule has 1 aromatic carbocycles. The van der Waals surface area contributed by atoms with E-state index in [1.807, 2.05) is 29.8 Å². The largest absolute Gasteiger partial charge is 0.355 e. The number of aryl methyl sites for hydroxylation is 1. The molecular formula is C15H14BrClN4O. The van der Waals surface area contributed by atoms with Crippen LogP contribution in [0.25, 0.3) is 22.3 Å². The van der Waals surface area contributed by atoms with Crippen molar-refractivity contribution in [3.63, 3.8) is 0 Å². The van der Waals surface area contributed by atoms with Crippen molar-refractivity contribution < 1.29 is 4.79 Å². The predicted octanol–water partition coefficient (Wildman–Crippen LogP) is 3.83. The third kappa shape index (κ3) is 2.53. The Balaban J connectivity index is 2.23. The molecule has 22 heavy (non-hydrogen) atoms. The lowest BCUT2D eigenvalue weighted by molar-refractivity contribution is 0.0964. The summed E-state index contributed by atoms with van der Waals surface area (Å²) in [6.45, 7) is 2.78. The van der Waals surface area contributed by atoms with E-state index in [0.717, 1.165) is 33.4 Å². The number of hydrogen-bond donors (Lipinski definition) is 2. The molecule has 0 saturated carbocycles. The van der Waals surface area contributed by atoms with Crippen molar-refractivity contribution >= 4 is 44.3 Å². The normalized spacial score (nSPS) is 11.1. The summed E-state index contributed by atoms with van der Waals surface area (Å²) in [4.78, 5) is 15.3. The number of hydrogen-bond acceptors (Lipinski definition) is 2. The van der Waals surface area contributed by atoms with Gasteiger partial charge in [-0.3, -0.25) is 9.48 Å². The highest BCUT2D eigenvalue weighted by molar-refractivity contribution is 9.10. The van der Waals surface area contributed by atoms with Crippen molar-refractivity contribution in [2.75, 3.05) is 7.05 Å². The second kappa shape index (κ2) is 5.78. The molecule has 3 aromatic rings. The van der Waals surface area contributed by atoms with E-state index in [4.69, 9.17) is 11.6 Å². The van der Waals surface area contributed by atoms with Gasteiger partial charge in [0.25, 0.3) is 5.91 Å². The lowest BCUT2D eigenvalue weighted by Crippen LogP contribution is -2.18. The average Bonchev–Trinajstić information content (AvgIpc) is 3.08. The molecule has 0 aliphatic rings. The molecule has 0 aliphatic carbocycles. The monoisotopic (exact) mass is 380 g/mol. The van der Waals surface area contributed by atoms with Crippen LogP contribution in [0.5, 0.6) is 0 Å². The molecule has 0 fully saturated rings. The van der Waals surface area contributed by atoms with Gasteiger partial charge in [0, 0.05) is 30.1 Å². The summed E-state index contributed by atoms with van der Waals surface area (Å²) in [5.74, 6) is -0.175. The van der Waals surface area contributed by atoms with Gasteiger partial charge < -0.3 is 10.3 Å². The first-order valence-electron chi connectivity index (χ1n) is 6.81. The van der Waals surface area contributed by atoms with E-state index in [0.29, 0.717) is 10.6 Å². The molecule has 1 amide bonds. The third-order valence-corrected chi connectivity index (χ3v) is 4.10. The number of nitrogens with zero attached hydrogens (tertiary/aromatic N) is 2. The standard InChI is InChI=1S/C15H14BrClN4O/c1-3-21-12(7-13(16)20-21)11-5-8-4-9(17)6-10(14(8)19-11)15(22)18-2/h4-7,19H,3H2,1-2H3,(H,18,22). The molecule has 5 nitrogen and oxygen atoms in total. The molecule has 0 radical (unpaired) electrons. The fraction of sp³-hybridized carbons (Fsp3) is 0.200. The minimum absolute atomic E-state index is 0.175. The van der Waals surface area contributed by atoms with Crippen molar-refractivity contribution in [1.29, 1.82) is 0 Å². The average molecular weight is 382 g/mol. The van der Waals surface area contributed by atoms with Crippen LogP contribution in [0.1, 0.15) is 17.3 Å². The van der Waals surface area contributed by atoms with E-state index in [1.165, 1.54) is 0 Å². The first-order chi connectivity index (χ1) is 10.5. The molecule has 2 heterocycles. The fourth-order valence-corrected chi connectivity index (χ4v) is 3.14. The topological polar surface area (TPSA) is 62.7 Å². The van der Waals surface area contributed by atoms with Crippen molar-refractivity contribution in [2.45, 2.75) is 13.5 Å². The number of carbonyl (C=O) groups is 1. The van der Waals surface area contributed by atoms with Gasteiger partial charge in [-0.05, 0) is 41.1 Å². The zero-order valence-electron chi connectivity index (χ0n) is 12.1. The van der Waals surface area contributed by atoms with Crippen LogP contribution < -0.4 is 5.32 Å². The molecular weight excluding hydrogens is 368 g/mol. The van der Waals surface area contributed by atoms with Gasteiger partial charge in [-0.1, -0.05) is 11.6 Å². The van der Waals surface area contributed by atoms with Gasteiger partial charge in [0.2, 0.25) is 0 Å². The number of benzene rings is 1. The molecule has 2 aromatic heterocycles. The van der Waals surface area contributed by atoms with Crippen molar-refractivity contribution in [3.05, 3.63) is 39.5 Å². The number of fused-ring (bicyclic) bond motifs is 1. The number of halogens is 2. The highest BCUT2D eigenvalue weighted by Crippen LogP contribution is 2.30. The van der Waals surface area contributed by atoms with Gasteiger partial charge in [-0.2, -0.15) is 5.10 Å². The third-order valence-electron chi connectivity index (χ3n) is 3.49. The second-order valence-corrected chi connectivity index (χ2v) is 6.10. The number of carbonyl (C=O) groups excluding carboxylic acids is 1. The summed E-state index contributed by atoms with van der Waals surface area (Å²) < 4.78 is 2.66. The Bertz CT molecular complexity index is 868. The Morgan fingerprint density at radius 3 is 2.86 bits per heavy atom. The molecule has 3 rings (SSSR count). The maximum absolute atomic E-state index is 12.0. The number of rotatable bonds is 3. The van der Waals surface area contributed by atoms with Crippen LogP contribution in [-0.4, -0.2) is 27.7 Å². The molecule has 0 unspecified atom stereocenters. The first-order valence-corrected chi connectivity index (χ1v) is 7.98. The van der Waals surface area contributed by atoms with Crippen LogP contribution in [0.4, 0.5) is 0 Å². The predicted molar refractivity (Wildman–Crippen MR) is 91.3 cm³/mol. The van der Waals surface area contributed by atoms with Crippen molar-refractivity contribution in [3.8, 4) is 11.4 Å². The van der Waals surface area contributed by atoms with Gasteiger partial charge >= 0.3 is 0 Å². The SMILES string of the molecule is CCn1nc(Br)cc1-c1cc2cc(Cl)cc(C(=O)NC)c2[nH]1. The molecule has 0 bridgehead atoms. The number of aromatic nitrogens is 3. The van der Waals surface area contributed by atoms with Crippen LogP contribution in [-0.2, 0) is 6.54 Å². The highest BCUT2D eigenvalue weighted by atomic mass is 79.9. The van der Waals surface area contributed by atoms with E-state index in [-0.39, 0.29) is 5.91 Å². The summed E-state index contributed by atoms with van der Waals surface area (Å²) in [7, 11) is 1.60. The van der Waals surface area contributed by atoms with Crippen LogP contribution in [0.3, 0.4) is 0 Å². The molecule has 0 spiro atoms. The van der Waals surface area contributed by atoms with Crippen molar-refractivity contribution in [2.24, 2.45) is 0 Å². The zero-order valence-corrected chi connectivity index (χ0v) is 14.4. The summed E-state index contributed by atoms with van der Waals surface area (Å²) in [6.07, 6.45) is 0. The maximum Gasteiger partial charge on any atom is 0.253 e. The number of nitrogens with one attached hydrogen (secondary N) is 2. The minimum Gasteiger partial charge on any atom is -0.355 e.